The van der Waals surface area contributed by atoms with E-state index in [2.05, 4.69) is 26.1 Å². The number of hydrogen-bond acceptors (Lipinski definition) is 1. The lowest BCUT2D eigenvalue weighted by molar-refractivity contribution is 0.298. The summed E-state index contributed by atoms with van der Waals surface area (Å²) in [6.07, 6.45) is 8.59. The molecule has 1 saturated heterocycles. The Balaban J connectivity index is 2.08. The smallest absolute Gasteiger partial charge is 0.00463 e. The van der Waals surface area contributed by atoms with Crippen LogP contribution < -0.4 is 5.32 Å². The van der Waals surface area contributed by atoms with Gasteiger partial charge < -0.3 is 5.32 Å². The highest BCUT2D eigenvalue weighted by Crippen LogP contribution is 2.25. The summed E-state index contributed by atoms with van der Waals surface area (Å²) in [7, 11) is 0. The summed E-state index contributed by atoms with van der Waals surface area (Å²) in [4.78, 5) is 0. The van der Waals surface area contributed by atoms with Crippen LogP contribution in [0.5, 0.6) is 0 Å². The molecule has 0 saturated carbocycles. The molecule has 1 heterocycles. The highest BCUT2D eigenvalue weighted by molar-refractivity contribution is 4.69. The van der Waals surface area contributed by atoms with Crippen molar-refractivity contribution in [2.75, 3.05) is 13.1 Å². The van der Waals surface area contributed by atoms with E-state index in [-0.39, 0.29) is 0 Å². The lowest BCUT2D eigenvalue weighted by atomic mass is 9.85. The fourth-order valence-electron chi connectivity index (χ4n) is 2.85. The molecule has 0 amide bonds. The number of nitrogens with one attached hydrogen (secondary N) is 1. The fraction of sp³-hybridized carbons (Fsp3) is 1.00. The maximum absolute atomic E-state index is 3.44. The summed E-state index contributed by atoms with van der Waals surface area (Å²) in [5, 5.41) is 3.44. The van der Waals surface area contributed by atoms with Crippen molar-refractivity contribution in [2.24, 2.45) is 17.8 Å². The average molecular weight is 211 g/mol. The first-order valence-electron chi connectivity index (χ1n) is 6.94. The molecule has 0 bridgehead atoms. The van der Waals surface area contributed by atoms with Gasteiger partial charge in [0.15, 0.2) is 0 Å². The molecular weight excluding hydrogens is 182 g/mol. The van der Waals surface area contributed by atoms with E-state index in [4.69, 9.17) is 0 Å². The van der Waals surface area contributed by atoms with Gasteiger partial charge in [0.05, 0.1) is 0 Å². The normalized spacial score (nSPS) is 20.8. The van der Waals surface area contributed by atoms with Crippen molar-refractivity contribution >= 4 is 0 Å². The van der Waals surface area contributed by atoms with Crippen LogP contribution in [0.3, 0.4) is 0 Å². The van der Waals surface area contributed by atoms with Crippen LogP contribution in [0.15, 0.2) is 0 Å². The second kappa shape index (κ2) is 7.27. The average Bonchev–Trinajstić information content (AvgIpc) is 2.25. The molecule has 1 rings (SSSR count). The third-order valence-corrected chi connectivity index (χ3v) is 4.11. The van der Waals surface area contributed by atoms with Crippen molar-refractivity contribution in [1.29, 1.82) is 0 Å². The van der Waals surface area contributed by atoms with Gasteiger partial charge in [-0.3, -0.25) is 0 Å². The molecule has 0 radical (unpaired) electrons. The first-order chi connectivity index (χ1) is 7.24. The van der Waals surface area contributed by atoms with Crippen LogP contribution in [0.1, 0.15) is 59.3 Å². The van der Waals surface area contributed by atoms with Crippen LogP contribution in [-0.4, -0.2) is 13.1 Å². The summed E-state index contributed by atoms with van der Waals surface area (Å²) < 4.78 is 0. The zero-order valence-electron chi connectivity index (χ0n) is 10.9. The Morgan fingerprint density at radius 2 is 1.87 bits per heavy atom. The first-order valence-corrected chi connectivity index (χ1v) is 6.94. The lowest BCUT2D eigenvalue weighted by Gasteiger charge is -2.24. The number of hydrogen-bond donors (Lipinski definition) is 1. The van der Waals surface area contributed by atoms with Crippen molar-refractivity contribution in [3.63, 3.8) is 0 Å². The fourth-order valence-corrected chi connectivity index (χ4v) is 2.85. The minimum Gasteiger partial charge on any atom is -0.317 e. The van der Waals surface area contributed by atoms with Crippen LogP contribution in [0, 0.1) is 17.8 Å². The third kappa shape index (κ3) is 5.01. The Hall–Kier alpha value is -0.0400. The molecule has 1 aliphatic rings. The highest BCUT2D eigenvalue weighted by atomic mass is 14.9. The molecule has 15 heavy (non-hydrogen) atoms. The second-order valence-electron chi connectivity index (χ2n) is 5.54. The van der Waals surface area contributed by atoms with Crippen LogP contribution >= 0.6 is 0 Å². The molecule has 1 N–H and O–H groups in total. The van der Waals surface area contributed by atoms with Gasteiger partial charge in [0.25, 0.3) is 0 Å². The zero-order valence-corrected chi connectivity index (χ0v) is 10.9. The Kier molecular flexibility index (Phi) is 6.31. The molecular formula is C14H29N. The number of piperidine rings is 1. The van der Waals surface area contributed by atoms with Gasteiger partial charge >= 0.3 is 0 Å². The van der Waals surface area contributed by atoms with E-state index >= 15 is 0 Å². The van der Waals surface area contributed by atoms with Crippen LogP contribution in [0.25, 0.3) is 0 Å². The molecule has 0 aromatic carbocycles. The minimum absolute atomic E-state index is 0.878. The molecule has 0 aromatic heterocycles. The molecule has 0 spiro atoms. The minimum atomic E-state index is 0.878. The molecule has 1 aliphatic heterocycles. The molecule has 0 aromatic rings. The van der Waals surface area contributed by atoms with Gasteiger partial charge in [0, 0.05) is 0 Å². The van der Waals surface area contributed by atoms with Crippen molar-refractivity contribution in [1.82, 2.24) is 5.32 Å². The summed E-state index contributed by atoms with van der Waals surface area (Å²) in [5.74, 6) is 2.87. The van der Waals surface area contributed by atoms with E-state index in [1.54, 1.807) is 0 Å². The predicted octanol–water partition coefficient (Wildman–Crippen LogP) is 3.84. The predicted molar refractivity (Wildman–Crippen MR) is 68.1 cm³/mol. The standard InChI is InChI=1S/C14H29N/c1-4-14(12(2)3)7-5-6-13-8-10-15-11-9-13/h12-15H,4-11H2,1-3H3. The Morgan fingerprint density at radius 1 is 1.20 bits per heavy atom. The lowest BCUT2D eigenvalue weighted by Crippen LogP contribution is -2.27. The third-order valence-electron chi connectivity index (χ3n) is 4.11. The van der Waals surface area contributed by atoms with E-state index in [0.717, 1.165) is 17.8 Å². The first kappa shape index (κ1) is 13.0. The molecule has 1 unspecified atom stereocenters. The van der Waals surface area contributed by atoms with E-state index in [1.165, 1.54) is 51.6 Å². The zero-order chi connectivity index (χ0) is 11.1. The summed E-state index contributed by atoms with van der Waals surface area (Å²) in [5.41, 5.74) is 0. The van der Waals surface area contributed by atoms with Crippen LogP contribution in [0.4, 0.5) is 0 Å². The van der Waals surface area contributed by atoms with E-state index in [0.29, 0.717) is 0 Å². The Morgan fingerprint density at radius 3 is 2.40 bits per heavy atom. The highest BCUT2D eigenvalue weighted by Gasteiger charge is 2.15. The van der Waals surface area contributed by atoms with Gasteiger partial charge in [-0.1, -0.05) is 46.5 Å². The van der Waals surface area contributed by atoms with E-state index in [1.807, 2.05) is 0 Å². The van der Waals surface area contributed by atoms with Gasteiger partial charge in [-0.15, -0.1) is 0 Å². The van der Waals surface area contributed by atoms with E-state index < -0.39 is 0 Å². The molecule has 1 heteroatoms. The van der Waals surface area contributed by atoms with E-state index in [9.17, 15) is 0 Å². The van der Waals surface area contributed by atoms with Crippen molar-refractivity contribution in [2.45, 2.75) is 59.3 Å². The van der Waals surface area contributed by atoms with Gasteiger partial charge in [-0.25, -0.2) is 0 Å². The molecule has 1 atom stereocenters. The number of rotatable bonds is 6. The molecule has 90 valence electrons. The molecule has 1 nitrogen and oxygen atoms in total. The van der Waals surface area contributed by atoms with Gasteiger partial charge in [-0.05, 0) is 43.7 Å². The van der Waals surface area contributed by atoms with Crippen LogP contribution in [0.2, 0.25) is 0 Å². The molecule has 1 fully saturated rings. The van der Waals surface area contributed by atoms with Gasteiger partial charge in [0.2, 0.25) is 0 Å². The van der Waals surface area contributed by atoms with Crippen molar-refractivity contribution in [3.8, 4) is 0 Å². The Labute approximate surface area is 96.0 Å². The monoisotopic (exact) mass is 211 g/mol. The summed E-state index contributed by atoms with van der Waals surface area (Å²) in [6.45, 7) is 9.60. The van der Waals surface area contributed by atoms with Crippen molar-refractivity contribution < 1.29 is 0 Å². The van der Waals surface area contributed by atoms with Gasteiger partial charge in [-0.2, -0.15) is 0 Å². The Bertz CT molecular complexity index is 147. The molecule has 0 aliphatic carbocycles. The summed E-state index contributed by atoms with van der Waals surface area (Å²) in [6, 6.07) is 0. The largest absolute Gasteiger partial charge is 0.317 e. The maximum atomic E-state index is 3.44. The second-order valence-corrected chi connectivity index (χ2v) is 5.54. The topological polar surface area (TPSA) is 12.0 Å². The van der Waals surface area contributed by atoms with Gasteiger partial charge in [0.1, 0.15) is 0 Å². The van der Waals surface area contributed by atoms with Crippen LogP contribution in [-0.2, 0) is 0 Å². The SMILES string of the molecule is CCC(CCCC1CCNCC1)C(C)C. The maximum Gasteiger partial charge on any atom is -0.00463 e. The van der Waals surface area contributed by atoms with Crippen molar-refractivity contribution in [3.05, 3.63) is 0 Å². The quantitative estimate of drug-likeness (QED) is 0.704. The summed E-state index contributed by atoms with van der Waals surface area (Å²) >= 11 is 0.